The lowest BCUT2D eigenvalue weighted by Crippen LogP contribution is -2.50. The Kier molecular flexibility index (Phi) is 5.59. The van der Waals surface area contributed by atoms with Gasteiger partial charge in [-0.05, 0) is 38.1 Å². The van der Waals surface area contributed by atoms with Crippen molar-refractivity contribution >= 4 is 5.69 Å². The van der Waals surface area contributed by atoms with Crippen LogP contribution in [0.1, 0.15) is 26.3 Å². The molecule has 1 aromatic rings. The molecule has 1 heterocycles. The van der Waals surface area contributed by atoms with E-state index in [-0.39, 0.29) is 5.82 Å². The average molecular weight is 293 g/mol. The summed E-state index contributed by atoms with van der Waals surface area (Å²) in [7, 11) is 2.13. The predicted molar refractivity (Wildman–Crippen MR) is 87.2 cm³/mol. The highest BCUT2D eigenvalue weighted by Crippen LogP contribution is 2.26. The first-order chi connectivity index (χ1) is 9.99. The summed E-state index contributed by atoms with van der Waals surface area (Å²) >= 11 is 0. The summed E-state index contributed by atoms with van der Waals surface area (Å²) in [6.45, 7) is 11.0. The molecule has 0 radical (unpaired) electrons. The highest BCUT2D eigenvalue weighted by molar-refractivity contribution is 5.55. The smallest absolute Gasteiger partial charge is 0.146 e. The number of hydrogen-bond donors (Lipinski definition) is 1. The quantitative estimate of drug-likeness (QED) is 0.900. The van der Waals surface area contributed by atoms with Crippen molar-refractivity contribution in [3.63, 3.8) is 0 Å². The molecule has 1 fully saturated rings. The molecule has 3 nitrogen and oxygen atoms in total. The van der Waals surface area contributed by atoms with Crippen LogP contribution in [0, 0.1) is 11.7 Å². The number of para-hydroxylation sites is 1. The van der Waals surface area contributed by atoms with Crippen LogP contribution in [-0.4, -0.2) is 44.2 Å². The minimum atomic E-state index is -0.101. The molecule has 0 saturated carbocycles. The van der Waals surface area contributed by atoms with Crippen LogP contribution in [0.5, 0.6) is 0 Å². The lowest BCUT2D eigenvalue weighted by Gasteiger charge is -2.39. The van der Waals surface area contributed by atoms with Gasteiger partial charge in [-0.3, -0.25) is 0 Å². The highest BCUT2D eigenvalue weighted by atomic mass is 19.1. The van der Waals surface area contributed by atoms with Crippen molar-refractivity contribution in [3.8, 4) is 0 Å². The van der Waals surface area contributed by atoms with E-state index < -0.39 is 0 Å². The summed E-state index contributed by atoms with van der Waals surface area (Å²) < 4.78 is 14.4. The van der Waals surface area contributed by atoms with Crippen molar-refractivity contribution < 1.29 is 4.39 Å². The van der Waals surface area contributed by atoms with E-state index in [1.807, 2.05) is 12.1 Å². The lowest BCUT2D eigenvalue weighted by atomic mass is 10.1. The van der Waals surface area contributed by atoms with Crippen LogP contribution in [0.2, 0.25) is 0 Å². The second-order valence-electron chi connectivity index (χ2n) is 6.55. The van der Waals surface area contributed by atoms with E-state index in [0.717, 1.165) is 44.0 Å². The molecule has 0 spiro atoms. The lowest BCUT2D eigenvalue weighted by molar-refractivity contribution is 0.233. The van der Waals surface area contributed by atoms with Gasteiger partial charge in [0.2, 0.25) is 0 Å². The molecule has 0 amide bonds. The van der Waals surface area contributed by atoms with Gasteiger partial charge < -0.3 is 15.1 Å². The summed E-state index contributed by atoms with van der Waals surface area (Å²) in [5.41, 5.74) is 1.85. The van der Waals surface area contributed by atoms with Crippen LogP contribution in [0.4, 0.5) is 10.1 Å². The molecule has 0 bridgehead atoms. The Hall–Kier alpha value is -1.13. The Labute approximate surface area is 128 Å². The van der Waals surface area contributed by atoms with Crippen molar-refractivity contribution in [1.82, 2.24) is 10.2 Å². The molecule has 1 aliphatic heterocycles. The average Bonchev–Trinajstić information content (AvgIpc) is 2.42. The first-order valence-corrected chi connectivity index (χ1v) is 7.92. The first-order valence-electron chi connectivity index (χ1n) is 7.92. The zero-order valence-corrected chi connectivity index (χ0v) is 13.7. The number of benzene rings is 1. The molecule has 1 unspecified atom stereocenters. The van der Waals surface area contributed by atoms with Crippen LogP contribution < -0.4 is 10.2 Å². The monoisotopic (exact) mass is 293 g/mol. The molecule has 1 N–H and O–H groups in total. The minimum absolute atomic E-state index is 0.101. The van der Waals surface area contributed by atoms with Crippen LogP contribution in [-0.2, 0) is 6.54 Å². The minimum Gasteiger partial charge on any atom is -0.366 e. The van der Waals surface area contributed by atoms with Crippen LogP contribution >= 0.6 is 0 Å². The molecule has 1 aliphatic rings. The molecule has 0 aromatic heterocycles. The fraction of sp³-hybridized carbons (Fsp3) is 0.647. The van der Waals surface area contributed by atoms with E-state index in [2.05, 4.69) is 42.9 Å². The molecular formula is C17H28FN3. The van der Waals surface area contributed by atoms with Crippen LogP contribution in [0.3, 0.4) is 0 Å². The van der Waals surface area contributed by atoms with Crippen LogP contribution in [0.15, 0.2) is 18.2 Å². The molecule has 21 heavy (non-hydrogen) atoms. The molecule has 1 aromatic carbocycles. The first kappa shape index (κ1) is 16.2. The number of piperazine rings is 1. The standard InChI is InChI=1S/C17H28FN3/c1-13(2)10-19-11-15-6-5-7-16(18)17(15)21-9-8-20(4)14(3)12-21/h5-7,13-14,19H,8-12H2,1-4H3. The predicted octanol–water partition coefficient (Wildman–Crippen LogP) is 2.71. The third-order valence-corrected chi connectivity index (χ3v) is 4.21. The van der Waals surface area contributed by atoms with E-state index in [9.17, 15) is 4.39 Å². The maximum Gasteiger partial charge on any atom is 0.146 e. The molecule has 1 saturated heterocycles. The highest BCUT2D eigenvalue weighted by Gasteiger charge is 2.24. The second-order valence-corrected chi connectivity index (χ2v) is 6.55. The normalized spacial score (nSPS) is 20.3. The van der Waals surface area contributed by atoms with Gasteiger partial charge in [-0.25, -0.2) is 4.39 Å². The molecule has 1 atom stereocenters. The van der Waals surface area contributed by atoms with Gasteiger partial charge in [-0.1, -0.05) is 26.0 Å². The maximum atomic E-state index is 14.4. The number of nitrogens with zero attached hydrogens (tertiary/aromatic N) is 2. The maximum absolute atomic E-state index is 14.4. The van der Waals surface area contributed by atoms with Gasteiger partial charge >= 0.3 is 0 Å². The fourth-order valence-corrected chi connectivity index (χ4v) is 2.80. The Balaban J connectivity index is 2.13. The van der Waals surface area contributed by atoms with Gasteiger partial charge in [-0.15, -0.1) is 0 Å². The molecule has 4 heteroatoms. The van der Waals surface area contributed by atoms with E-state index >= 15 is 0 Å². The number of hydrogen-bond acceptors (Lipinski definition) is 3. The van der Waals surface area contributed by atoms with E-state index in [1.165, 1.54) is 0 Å². The van der Waals surface area contributed by atoms with E-state index in [1.54, 1.807) is 6.07 Å². The van der Waals surface area contributed by atoms with Gasteiger partial charge in [0.15, 0.2) is 0 Å². The topological polar surface area (TPSA) is 18.5 Å². The van der Waals surface area contributed by atoms with E-state index in [4.69, 9.17) is 0 Å². The summed E-state index contributed by atoms with van der Waals surface area (Å²) in [4.78, 5) is 4.53. The molecule has 0 aliphatic carbocycles. The number of likely N-dealkylation sites (N-methyl/N-ethyl adjacent to an activating group) is 1. The Morgan fingerprint density at radius 2 is 2.10 bits per heavy atom. The van der Waals surface area contributed by atoms with Gasteiger partial charge in [-0.2, -0.15) is 0 Å². The van der Waals surface area contributed by atoms with Crippen molar-refractivity contribution in [2.45, 2.75) is 33.4 Å². The van der Waals surface area contributed by atoms with Gasteiger partial charge in [0, 0.05) is 32.2 Å². The molecule has 2 rings (SSSR count). The second kappa shape index (κ2) is 7.23. The fourth-order valence-electron chi connectivity index (χ4n) is 2.80. The zero-order valence-electron chi connectivity index (χ0n) is 13.7. The molecule has 118 valence electrons. The van der Waals surface area contributed by atoms with E-state index in [0.29, 0.717) is 12.0 Å². The SMILES string of the molecule is CC(C)CNCc1cccc(F)c1N1CCN(C)C(C)C1. The summed E-state index contributed by atoms with van der Waals surface area (Å²) in [6, 6.07) is 5.87. The van der Waals surface area contributed by atoms with Gasteiger partial charge in [0.05, 0.1) is 5.69 Å². The number of rotatable bonds is 5. The number of halogens is 1. The van der Waals surface area contributed by atoms with Crippen molar-refractivity contribution in [3.05, 3.63) is 29.6 Å². The van der Waals surface area contributed by atoms with Crippen molar-refractivity contribution in [2.24, 2.45) is 5.92 Å². The summed E-state index contributed by atoms with van der Waals surface area (Å²) in [5, 5.41) is 3.42. The number of anilines is 1. The van der Waals surface area contributed by atoms with Crippen molar-refractivity contribution in [1.29, 1.82) is 0 Å². The summed E-state index contributed by atoms with van der Waals surface area (Å²) in [6.07, 6.45) is 0. The molecular weight excluding hydrogens is 265 g/mol. The largest absolute Gasteiger partial charge is 0.366 e. The summed E-state index contributed by atoms with van der Waals surface area (Å²) in [5.74, 6) is 0.501. The zero-order chi connectivity index (χ0) is 15.4. The third kappa shape index (κ3) is 4.17. The Morgan fingerprint density at radius 1 is 1.33 bits per heavy atom. The number of nitrogens with one attached hydrogen (secondary N) is 1. The van der Waals surface area contributed by atoms with Crippen molar-refractivity contribution in [2.75, 3.05) is 38.1 Å². The Morgan fingerprint density at radius 3 is 2.76 bits per heavy atom. The third-order valence-electron chi connectivity index (χ3n) is 4.21. The van der Waals surface area contributed by atoms with Gasteiger partial charge in [0.1, 0.15) is 5.82 Å². The van der Waals surface area contributed by atoms with Gasteiger partial charge in [0.25, 0.3) is 0 Å². The van der Waals surface area contributed by atoms with Crippen LogP contribution in [0.25, 0.3) is 0 Å². The Bertz CT molecular complexity index is 461.